The summed E-state index contributed by atoms with van der Waals surface area (Å²) >= 11 is 3.56. The third-order valence-corrected chi connectivity index (χ3v) is 4.67. The van der Waals surface area contributed by atoms with Crippen LogP contribution in [0.2, 0.25) is 0 Å². The average Bonchev–Trinajstić information content (AvgIpc) is 2.84. The van der Waals surface area contributed by atoms with Gasteiger partial charge in [0.05, 0.1) is 12.1 Å². The van der Waals surface area contributed by atoms with E-state index in [2.05, 4.69) is 27.3 Å². The van der Waals surface area contributed by atoms with Crippen molar-refractivity contribution in [3.8, 4) is 0 Å². The van der Waals surface area contributed by atoms with E-state index in [-0.39, 0.29) is 30.5 Å². The minimum Gasteiger partial charge on any atom is -0.392 e. The van der Waals surface area contributed by atoms with Gasteiger partial charge in [0.25, 0.3) is 0 Å². The number of hydrogen-bond acceptors (Lipinski definition) is 3. The number of carbonyl (C=O) groups is 1. The van der Waals surface area contributed by atoms with Gasteiger partial charge in [-0.3, -0.25) is 4.79 Å². The van der Waals surface area contributed by atoms with Crippen LogP contribution in [0.3, 0.4) is 0 Å². The van der Waals surface area contributed by atoms with Gasteiger partial charge in [-0.05, 0) is 30.0 Å². The lowest BCUT2D eigenvalue weighted by Crippen LogP contribution is -2.45. The molecule has 2 heterocycles. The Morgan fingerprint density at radius 2 is 2.25 bits per heavy atom. The van der Waals surface area contributed by atoms with Crippen molar-refractivity contribution in [3.63, 3.8) is 0 Å². The van der Waals surface area contributed by atoms with Gasteiger partial charge in [-0.15, -0.1) is 12.4 Å². The topological polar surface area (TPSA) is 52.6 Å². The number of hydrogen-bond donors (Lipinski definition) is 2. The first-order valence-electron chi connectivity index (χ1n) is 6.61. The SMILES string of the molecule is Cl.O=C(C1CC(O)CN1)N1CCc2c(Br)cccc2C1. The maximum absolute atomic E-state index is 12.4. The van der Waals surface area contributed by atoms with Gasteiger partial charge in [-0.25, -0.2) is 0 Å². The molecular formula is C14H18BrClN2O2. The third kappa shape index (κ3) is 3.01. The summed E-state index contributed by atoms with van der Waals surface area (Å²) in [4.78, 5) is 14.3. The molecule has 20 heavy (non-hydrogen) atoms. The molecule has 0 spiro atoms. The van der Waals surface area contributed by atoms with Crippen molar-refractivity contribution in [1.82, 2.24) is 10.2 Å². The van der Waals surface area contributed by atoms with E-state index >= 15 is 0 Å². The molecule has 1 saturated heterocycles. The number of nitrogens with one attached hydrogen (secondary N) is 1. The molecule has 0 aromatic heterocycles. The van der Waals surface area contributed by atoms with Crippen LogP contribution in [0.5, 0.6) is 0 Å². The molecule has 1 aromatic carbocycles. The summed E-state index contributed by atoms with van der Waals surface area (Å²) in [5.41, 5.74) is 2.53. The van der Waals surface area contributed by atoms with E-state index in [4.69, 9.17) is 0 Å². The zero-order valence-electron chi connectivity index (χ0n) is 11.0. The van der Waals surface area contributed by atoms with Crippen LogP contribution in [0.15, 0.2) is 22.7 Å². The van der Waals surface area contributed by atoms with Crippen molar-refractivity contribution in [2.45, 2.75) is 31.5 Å². The standard InChI is InChI=1S/C14H17BrN2O2.ClH/c15-12-3-1-2-9-8-17(5-4-11(9)12)14(19)13-6-10(18)7-16-13;/h1-3,10,13,16,18H,4-8H2;1H. The maximum Gasteiger partial charge on any atom is 0.240 e. The van der Waals surface area contributed by atoms with Crippen molar-refractivity contribution in [1.29, 1.82) is 0 Å². The molecule has 110 valence electrons. The predicted octanol–water partition coefficient (Wildman–Crippen LogP) is 1.48. The minimum absolute atomic E-state index is 0. The third-order valence-electron chi connectivity index (χ3n) is 3.93. The average molecular weight is 362 g/mol. The highest BCUT2D eigenvalue weighted by Gasteiger charge is 2.32. The molecule has 2 unspecified atom stereocenters. The predicted molar refractivity (Wildman–Crippen MR) is 82.9 cm³/mol. The number of β-amino-alcohol motifs (C(OH)–C–C–N with tert-alkyl or cyclic N) is 1. The zero-order valence-corrected chi connectivity index (χ0v) is 13.4. The Bertz CT molecular complexity index is 512. The first-order valence-corrected chi connectivity index (χ1v) is 7.41. The number of rotatable bonds is 1. The number of aliphatic hydroxyl groups excluding tert-OH is 1. The fourth-order valence-corrected chi connectivity index (χ4v) is 3.48. The molecule has 2 atom stereocenters. The normalized spacial score (nSPS) is 25.0. The van der Waals surface area contributed by atoms with Crippen molar-refractivity contribution in [3.05, 3.63) is 33.8 Å². The van der Waals surface area contributed by atoms with Gasteiger partial charge in [0.1, 0.15) is 0 Å². The Morgan fingerprint density at radius 3 is 2.95 bits per heavy atom. The van der Waals surface area contributed by atoms with Gasteiger partial charge in [0.15, 0.2) is 0 Å². The molecule has 0 radical (unpaired) electrons. The number of halogens is 2. The van der Waals surface area contributed by atoms with E-state index in [1.807, 2.05) is 17.0 Å². The van der Waals surface area contributed by atoms with E-state index in [0.717, 1.165) is 17.4 Å². The Kier molecular flexibility index (Phi) is 5.07. The molecule has 4 nitrogen and oxygen atoms in total. The summed E-state index contributed by atoms with van der Waals surface area (Å²) in [5.74, 6) is 0.113. The molecule has 0 bridgehead atoms. The van der Waals surface area contributed by atoms with E-state index in [9.17, 15) is 9.90 Å². The van der Waals surface area contributed by atoms with Gasteiger partial charge in [0.2, 0.25) is 5.91 Å². The van der Waals surface area contributed by atoms with Crippen LogP contribution in [-0.2, 0) is 17.8 Å². The molecule has 1 fully saturated rings. The summed E-state index contributed by atoms with van der Waals surface area (Å²) in [7, 11) is 0. The Labute approximate surface area is 133 Å². The highest BCUT2D eigenvalue weighted by molar-refractivity contribution is 9.10. The Balaban J connectivity index is 0.00000147. The first-order chi connectivity index (χ1) is 9.15. The summed E-state index contributed by atoms with van der Waals surface area (Å²) in [6.07, 6.45) is 1.03. The lowest BCUT2D eigenvalue weighted by atomic mass is 9.99. The van der Waals surface area contributed by atoms with E-state index in [0.29, 0.717) is 19.5 Å². The van der Waals surface area contributed by atoms with Crippen LogP contribution in [0.4, 0.5) is 0 Å². The molecular weight excluding hydrogens is 344 g/mol. The molecule has 2 aliphatic rings. The first kappa shape index (κ1) is 15.8. The minimum atomic E-state index is -0.389. The number of amides is 1. The number of benzene rings is 1. The molecule has 1 amide bonds. The van der Waals surface area contributed by atoms with Crippen LogP contribution < -0.4 is 5.32 Å². The van der Waals surface area contributed by atoms with Crippen molar-refractivity contribution in [2.24, 2.45) is 0 Å². The molecule has 0 aliphatic carbocycles. The quantitative estimate of drug-likeness (QED) is 0.797. The molecule has 2 aliphatic heterocycles. The molecule has 3 rings (SSSR count). The molecule has 1 aromatic rings. The van der Waals surface area contributed by atoms with Crippen LogP contribution in [0.25, 0.3) is 0 Å². The number of aliphatic hydroxyl groups is 1. The largest absolute Gasteiger partial charge is 0.392 e. The zero-order chi connectivity index (χ0) is 13.4. The second kappa shape index (κ2) is 6.43. The summed E-state index contributed by atoms with van der Waals surface area (Å²) in [6, 6.07) is 5.92. The highest BCUT2D eigenvalue weighted by atomic mass is 79.9. The highest BCUT2D eigenvalue weighted by Crippen LogP contribution is 2.27. The van der Waals surface area contributed by atoms with Crippen LogP contribution >= 0.6 is 28.3 Å². The van der Waals surface area contributed by atoms with E-state index in [1.54, 1.807) is 0 Å². The lowest BCUT2D eigenvalue weighted by Gasteiger charge is -2.31. The van der Waals surface area contributed by atoms with E-state index in [1.165, 1.54) is 11.1 Å². The number of carbonyl (C=O) groups excluding carboxylic acids is 1. The van der Waals surface area contributed by atoms with Crippen molar-refractivity contribution >= 4 is 34.2 Å². The van der Waals surface area contributed by atoms with Gasteiger partial charge in [0, 0.05) is 24.1 Å². The number of nitrogens with zero attached hydrogens (tertiary/aromatic N) is 1. The maximum atomic E-state index is 12.4. The van der Waals surface area contributed by atoms with Gasteiger partial charge < -0.3 is 15.3 Å². The summed E-state index contributed by atoms with van der Waals surface area (Å²) < 4.78 is 1.13. The molecule has 6 heteroatoms. The summed E-state index contributed by atoms with van der Waals surface area (Å²) in [5, 5.41) is 12.6. The fourth-order valence-electron chi connectivity index (χ4n) is 2.88. The monoisotopic (exact) mass is 360 g/mol. The Morgan fingerprint density at radius 1 is 1.45 bits per heavy atom. The summed E-state index contributed by atoms with van der Waals surface area (Å²) in [6.45, 7) is 1.94. The smallest absolute Gasteiger partial charge is 0.240 e. The van der Waals surface area contributed by atoms with Crippen LogP contribution in [0, 0.1) is 0 Å². The second-order valence-electron chi connectivity index (χ2n) is 5.24. The van der Waals surface area contributed by atoms with Crippen molar-refractivity contribution in [2.75, 3.05) is 13.1 Å². The fraction of sp³-hybridized carbons (Fsp3) is 0.500. The van der Waals surface area contributed by atoms with E-state index < -0.39 is 0 Å². The van der Waals surface area contributed by atoms with Crippen LogP contribution in [-0.4, -0.2) is 41.1 Å². The molecule has 2 N–H and O–H groups in total. The van der Waals surface area contributed by atoms with Gasteiger partial charge in [-0.2, -0.15) is 0 Å². The lowest BCUT2D eigenvalue weighted by molar-refractivity contribution is -0.134. The van der Waals surface area contributed by atoms with Crippen molar-refractivity contribution < 1.29 is 9.90 Å². The molecule has 0 saturated carbocycles. The second-order valence-corrected chi connectivity index (χ2v) is 6.09. The number of fused-ring (bicyclic) bond motifs is 1. The van der Waals surface area contributed by atoms with Crippen LogP contribution in [0.1, 0.15) is 17.5 Å². The Hall–Kier alpha value is -0.620. The van der Waals surface area contributed by atoms with Gasteiger partial charge in [-0.1, -0.05) is 28.1 Å². The van der Waals surface area contributed by atoms with Gasteiger partial charge >= 0.3 is 0 Å².